The molecule has 14 N–H and O–H groups in total. The van der Waals surface area contributed by atoms with E-state index in [-0.39, 0.29) is 18.8 Å². The van der Waals surface area contributed by atoms with Gasteiger partial charge in [0.05, 0.1) is 0 Å². The highest BCUT2D eigenvalue weighted by Crippen LogP contribution is 2.01. The summed E-state index contributed by atoms with van der Waals surface area (Å²) in [6.45, 7) is 4.48. The van der Waals surface area contributed by atoms with E-state index in [0.29, 0.717) is 38.1 Å². The van der Waals surface area contributed by atoms with Gasteiger partial charge in [-0.1, -0.05) is 13.8 Å². The highest BCUT2D eigenvalue weighted by molar-refractivity contribution is 5.74. The molecule has 194 valence electrons. The number of carboxylic acid groups (broad SMARTS) is 4. The second-order valence-corrected chi connectivity index (χ2v) is 7.59. The van der Waals surface area contributed by atoms with Crippen molar-refractivity contribution in [3.05, 3.63) is 0 Å². The van der Waals surface area contributed by atoms with E-state index in [9.17, 15) is 19.2 Å². The van der Waals surface area contributed by atoms with Crippen LogP contribution in [0.1, 0.15) is 58.8 Å². The first kappa shape index (κ1) is 34.6. The topological polar surface area (TPSA) is 289 Å². The van der Waals surface area contributed by atoms with E-state index in [1.165, 1.54) is 0 Å². The number of guanidine groups is 1. The zero-order chi connectivity index (χ0) is 26.6. The molecule has 0 amide bonds. The van der Waals surface area contributed by atoms with E-state index in [2.05, 4.69) is 5.32 Å². The van der Waals surface area contributed by atoms with Gasteiger partial charge in [0.25, 0.3) is 0 Å². The summed E-state index contributed by atoms with van der Waals surface area (Å²) < 4.78 is 0. The number of nitrogens with one attached hydrogen (secondary N) is 2. The molecule has 0 aromatic heterocycles. The van der Waals surface area contributed by atoms with Crippen molar-refractivity contribution in [3.8, 4) is 0 Å². The molecule has 0 rings (SSSR count). The molecule has 3 atom stereocenters. The maximum Gasteiger partial charge on any atom is 0.320 e. The van der Waals surface area contributed by atoms with Crippen molar-refractivity contribution < 1.29 is 39.6 Å². The lowest BCUT2D eigenvalue weighted by Gasteiger charge is -2.07. The predicted molar refractivity (Wildman–Crippen MR) is 122 cm³/mol. The third-order valence-electron chi connectivity index (χ3n) is 3.84. The Morgan fingerprint density at radius 2 is 1.21 bits per heavy atom. The minimum atomic E-state index is -1.09. The number of unbranched alkanes of at least 4 members (excludes halogenated alkanes) is 1. The molecule has 0 saturated heterocycles. The summed E-state index contributed by atoms with van der Waals surface area (Å²) >= 11 is 0. The van der Waals surface area contributed by atoms with E-state index >= 15 is 0 Å². The first-order valence-corrected chi connectivity index (χ1v) is 10.4. The first-order chi connectivity index (χ1) is 15.1. The predicted octanol–water partition coefficient (Wildman–Crippen LogP) is -0.851. The number of carboxylic acids is 4. The summed E-state index contributed by atoms with van der Waals surface area (Å²) in [5.41, 5.74) is 20.6. The monoisotopic (exact) mass is 480 g/mol. The Kier molecular flexibility index (Phi) is 21.9. The van der Waals surface area contributed by atoms with Crippen LogP contribution in [0, 0.1) is 11.3 Å². The van der Waals surface area contributed by atoms with Crippen molar-refractivity contribution >= 4 is 29.8 Å². The fraction of sp³-hybridized carbons (Fsp3) is 0.737. The van der Waals surface area contributed by atoms with Crippen molar-refractivity contribution in [2.45, 2.75) is 76.9 Å². The molecule has 1 unspecified atom stereocenters. The standard InChI is InChI=1S/C7H16N4O2.C6H11NO4.C6H13NO2/c8-5(6(12)13)3-1-2-4-11-7(9)10;7-4(6(10)11)2-1-3-5(8)9;1-4(2)3-5(7)6(8)9/h5H,1-4,8H2,(H,12,13)(H4,9,10,11);4H,1-3,7H2,(H,8,9)(H,10,11);4-5H,3,7H2,1-2H3,(H,8,9)/t5-;;5-/m1.1/s1. The van der Waals surface area contributed by atoms with Gasteiger partial charge in [-0.2, -0.15) is 0 Å². The summed E-state index contributed by atoms with van der Waals surface area (Å²) in [6.07, 6.45) is 2.98. The molecule has 0 aliphatic rings. The van der Waals surface area contributed by atoms with Gasteiger partial charge in [-0.3, -0.25) is 24.6 Å². The number of carbonyl (C=O) groups is 4. The van der Waals surface area contributed by atoms with E-state index in [4.69, 9.17) is 48.8 Å². The molecule has 0 heterocycles. The van der Waals surface area contributed by atoms with Gasteiger partial charge in [-0.05, 0) is 44.4 Å². The third kappa shape index (κ3) is 29.0. The number of hydrogen-bond donors (Lipinski definition) is 10. The number of hydrogen-bond acceptors (Lipinski definition) is 8. The fourth-order valence-electron chi connectivity index (χ4n) is 2.04. The minimum absolute atomic E-state index is 0.0268. The molecule has 0 saturated carbocycles. The van der Waals surface area contributed by atoms with Crippen LogP contribution in [0.25, 0.3) is 0 Å². The van der Waals surface area contributed by atoms with Crippen molar-refractivity contribution in [3.63, 3.8) is 0 Å². The van der Waals surface area contributed by atoms with E-state index in [1.54, 1.807) is 0 Å². The van der Waals surface area contributed by atoms with Crippen LogP contribution in [0.5, 0.6) is 0 Å². The van der Waals surface area contributed by atoms with E-state index < -0.39 is 42.0 Å². The minimum Gasteiger partial charge on any atom is -0.481 e. The van der Waals surface area contributed by atoms with Crippen LogP contribution in [0.4, 0.5) is 0 Å². The van der Waals surface area contributed by atoms with E-state index in [1.807, 2.05) is 13.8 Å². The van der Waals surface area contributed by atoms with Crippen LogP contribution < -0.4 is 28.3 Å². The van der Waals surface area contributed by atoms with Crippen molar-refractivity contribution in [1.82, 2.24) is 5.32 Å². The van der Waals surface area contributed by atoms with Crippen LogP contribution >= 0.6 is 0 Å². The SMILES string of the molecule is CC(C)C[C@@H](N)C(=O)O.N=C(N)NCCCC[C@@H](N)C(=O)O.NC(CCCC(=O)O)C(=O)O. The Morgan fingerprint density at radius 3 is 1.52 bits per heavy atom. The van der Waals surface area contributed by atoms with Crippen LogP contribution in [-0.2, 0) is 19.2 Å². The molecular weight excluding hydrogens is 440 g/mol. The second-order valence-electron chi connectivity index (χ2n) is 7.59. The average Bonchev–Trinajstić information content (AvgIpc) is 2.67. The van der Waals surface area contributed by atoms with Gasteiger partial charge in [-0.15, -0.1) is 0 Å². The zero-order valence-electron chi connectivity index (χ0n) is 19.2. The van der Waals surface area contributed by atoms with Crippen molar-refractivity contribution in [2.75, 3.05) is 6.54 Å². The van der Waals surface area contributed by atoms with Gasteiger partial charge >= 0.3 is 23.9 Å². The van der Waals surface area contributed by atoms with Gasteiger partial charge in [0, 0.05) is 13.0 Å². The molecule has 0 aromatic rings. The summed E-state index contributed by atoms with van der Waals surface area (Å²) in [7, 11) is 0. The third-order valence-corrected chi connectivity index (χ3v) is 3.84. The molecule has 0 bridgehead atoms. The highest BCUT2D eigenvalue weighted by atomic mass is 16.4. The van der Waals surface area contributed by atoms with Crippen molar-refractivity contribution in [1.29, 1.82) is 5.41 Å². The average molecular weight is 481 g/mol. The second kappa shape index (κ2) is 20.9. The molecule has 14 nitrogen and oxygen atoms in total. The largest absolute Gasteiger partial charge is 0.481 e. The van der Waals surface area contributed by atoms with Gasteiger partial charge < -0.3 is 48.7 Å². The Bertz CT molecular complexity index is 603. The summed E-state index contributed by atoms with van der Waals surface area (Å²) in [5.74, 6) is -3.61. The maximum atomic E-state index is 10.3. The Hall–Kier alpha value is -2.97. The van der Waals surface area contributed by atoms with Crippen LogP contribution in [0.2, 0.25) is 0 Å². The molecule has 0 spiro atoms. The molecule has 0 radical (unpaired) electrons. The Balaban J connectivity index is -0.000000416. The van der Waals surface area contributed by atoms with Crippen LogP contribution in [0.15, 0.2) is 0 Å². The van der Waals surface area contributed by atoms with Gasteiger partial charge in [0.1, 0.15) is 18.1 Å². The van der Waals surface area contributed by atoms with Gasteiger partial charge in [0.2, 0.25) is 0 Å². The summed E-state index contributed by atoms with van der Waals surface area (Å²) in [6, 6.07) is -2.41. The summed E-state index contributed by atoms with van der Waals surface area (Å²) in [4.78, 5) is 40.5. The lowest BCUT2D eigenvalue weighted by Crippen LogP contribution is -2.32. The Morgan fingerprint density at radius 1 is 0.788 bits per heavy atom. The lowest BCUT2D eigenvalue weighted by molar-refractivity contribution is -0.140. The zero-order valence-corrected chi connectivity index (χ0v) is 19.2. The first-order valence-electron chi connectivity index (χ1n) is 10.4. The molecule has 0 fully saturated rings. The molecule has 0 aromatic carbocycles. The van der Waals surface area contributed by atoms with Gasteiger partial charge in [-0.25, -0.2) is 0 Å². The normalized spacial score (nSPS) is 12.7. The van der Waals surface area contributed by atoms with Gasteiger partial charge in [0.15, 0.2) is 5.96 Å². The smallest absolute Gasteiger partial charge is 0.320 e. The van der Waals surface area contributed by atoms with Crippen molar-refractivity contribution in [2.24, 2.45) is 28.9 Å². The molecular formula is C19H40N6O8. The quantitative estimate of drug-likeness (QED) is 0.0823. The lowest BCUT2D eigenvalue weighted by atomic mass is 10.1. The van der Waals surface area contributed by atoms with Crippen LogP contribution in [0.3, 0.4) is 0 Å². The summed E-state index contributed by atoms with van der Waals surface area (Å²) in [5, 5.41) is 42.6. The Labute approximate surface area is 193 Å². The number of aliphatic carboxylic acids is 4. The fourth-order valence-corrected chi connectivity index (χ4v) is 2.04. The van der Waals surface area contributed by atoms with E-state index in [0.717, 1.165) is 6.42 Å². The molecule has 33 heavy (non-hydrogen) atoms. The molecule has 0 aliphatic heterocycles. The maximum absolute atomic E-state index is 10.3. The molecule has 0 aliphatic carbocycles. The number of rotatable bonds is 14. The highest BCUT2D eigenvalue weighted by Gasteiger charge is 2.12. The number of nitrogens with two attached hydrogens (primary N) is 4. The molecule has 14 heteroatoms. The van der Waals surface area contributed by atoms with Crippen LogP contribution in [-0.4, -0.2) is 74.9 Å².